The molecule has 2 aliphatic heterocycles. The SMILES string of the molecule is COc1c2c(cc3c1[C@@H](c1nnnn1-c1cccc(NC(=O)c4ccco4)c1)N(C)CC3)OCO2. The standard InChI is InChI=1S/C24H22N6O5/c1-29-9-8-14-11-18-21(35-13-34-18)22(32-2)19(14)20(29)23-26-27-28-30(23)16-6-3-5-15(12-16)25-24(31)17-7-4-10-33-17/h3-7,10-12,20H,8-9,13H2,1-2H3,(H,25,31)/t20-/m0/s1. The molecule has 2 aliphatic rings. The largest absolute Gasteiger partial charge is 0.492 e. The Balaban J connectivity index is 1.40. The number of nitrogens with zero attached hydrogens (tertiary/aromatic N) is 5. The summed E-state index contributed by atoms with van der Waals surface area (Å²) in [4.78, 5) is 14.6. The van der Waals surface area contributed by atoms with Crippen molar-refractivity contribution in [1.82, 2.24) is 25.1 Å². The van der Waals surface area contributed by atoms with Crippen LogP contribution in [0.15, 0.2) is 53.1 Å². The van der Waals surface area contributed by atoms with Crippen LogP contribution in [0.2, 0.25) is 0 Å². The van der Waals surface area contributed by atoms with Crippen LogP contribution in [0.5, 0.6) is 17.2 Å². The molecule has 4 aromatic rings. The summed E-state index contributed by atoms with van der Waals surface area (Å²) in [6.45, 7) is 0.954. The van der Waals surface area contributed by atoms with Gasteiger partial charge in [-0.1, -0.05) is 6.07 Å². The van der Waals surface area contributed by atoms with Gasteiger partial charge in [0, 0.05) is 17.8 Å². The van der Waals surface area contributed by atoms with Gasteiger partial charge in [0.15, 0.2) is 23.1 Å². The number of fused-ring (bicyclic) bond motifs is 2. The summed E-state index contributed by atoms with van der Waals surface area (Å²) in [5, 5.41) is 15.5. The van der Waals surface area contributed by atoms with Gasteiger partial charge < -0.3 is 23.9 Å². The lowest BCUT2D eigenvalue weighted by molar-refractivity contribution is 0.0996. The van der Waals surface area contributed by atoms with Crippen LogP contribution in [0.25, 0.3) is 5.69 Å². The van der Waals surface area contributed by atoms with Crippen molar-refractivity contribution in [3.8, 4) is 22.9 Å². The number of tetrazole rings is 1. The number of nitrogens with one attached hydrogen (secondary N) is 1. The molecule has 2 aromatic carbocycles. The lowest BCUT2D eigenvalue weighted by Crippen LogP contribution is -2.35. The summed E-state index contributed by atoms with van der Waals surface area (Å²) in [7, 11) is 3.65. The van der Waals surface area contributed by atoms with Crippen molar-refractivity contribution in [2.75, 3.05) is 32.8 Å². The van der Waals surface area contributed by atoms with Gasteiger partial charge in [-0.15, -0.1) is 5.10 Å². The van der Waals surface area contributed by atoms with E-state index in [-0.39, 0.29) is 24.5 Å². The minimum absolute atomic E-state index is 0.156. The van der Waals surface area contributed by atoms with Crippen molar-refractivity contribution in [3.05, 3.63) is 71.4 Å². The Bertz CT molecular complexity index is 1400. The van der Waals surface area contributed by atoms with Crippen molar-refractivity contribution >= 4 is 11.6 Å². The van der Waals surface area contributed by atoms with E-state index >= 15 is 0 Å². The van der Waals surface area contributed by atoms with Gasteiger partial charge in [-0.3, -0.25) is 9.69 Å². The van der Waals surface area contributed by atoms with E-state index in [0.717, 1.165) is 24.1 Å². The third-order valence-electron chi connectivity index (χ3n) is 6.23. The Morgan fingerprint density at radius 2 is 2.11 bits per heavy atom. The summed E-state index contributed by atoms with van der Waals surface area (Å²) < 4.78 is 24.0. The van der Waals surface area contributed by atoms with Crippen molar-refractivity contribution in [2.24, 2.45) is 0 Å². The highest BCUT2D eigenvalue weighted by Crippen LogP contribution is 2.50. The van der Waals surface area contributed by atoms with Crippen LogP contribution in [0, 0.1) is 0 Å². The summed E-state index contributed by atoms with van der Waals surface area (Å²) >= 11 is 0. The van der Waals surface area contributed by atoms with E-state index in [9.17, 15) is 4.79 Å². The second-order valence-corrected chi connectivity index (χ2v) is 8.28. The highest BCUT2D eigenvalue weighted by atomic mass is 16.7. The van der Waals surface area contributed by atoms with Gasteiger partial charge in [0.25, 0.3) is 5.91 Å². The molecule has 11 heteroatoms. The molecule has 1 amide bonds. The van der Waals surface area contributed by atoms with Gasteiger partial charge in [-0.2, -0.15) is 4.68 Å². The zero-order valence-electron chi connectivity index (χ0n) is 19.1. The number of carbonyl (C=O) groups excluding carboxylic acids is 1. The molecule has 0 saturated heterocycles. The zero-order chi connectivity index (χ0) is 23.9. The maximum absolute atomic E-state index is 12.4. The van der Waals surface area contributed by atoms with Crippen molar-refractivity contribution in [3.63, 3.8) is 0 Å². The number of furan rings is 1. The number of anilines is 1. The molecule has 11 nitrogen and oxygen atoms in total. The minimum atomic E-state index is -0.342. The Morgan fingerprint density at radius 1 is 1.20 bits per heavy atom. The molecule has 1 N–H and O–H groups in total. The van der Waals surface area contributed by atoms with Crippen LogP contribution in [-0.2, 0) is 6.42 Å². The fourth-order valence-electron chi connectivity index (χ4n) is 4.62. The van der Waals surface area contributed by atoms with Crippen LogP contribution in [-0.4, -0.2) is 58.5 Å². The van der Waals surface area contributed by atoms with E-state index in [1.807, 2.05) is 25.2 Å². The average Bonchev–Trinajstić information content (AvgIpc) is 3.64. The first-order valence-corrected chi connectivity index (χ1v) is 11.1. The zero-order valence-corrected chi connectivity index (χ0v) is 19.1. The molecular weight excluding hydrogens is 452 g/mol. The van der Waals surface area contributed by atoms with Crippen molar-refractivity contribution < 1.29 is 23.4 Å². The molecule has 6 rings (SSSR count). The number of hydrogen-bond donors (Lipinski definition) is 1. The van der Waals surface area contributed by atoms with Gasteiger partial charge >= 0.3 is 0 Å². The van der Waals surface area contributed by atoms with Crippen LogP contribution >= 0.6 is 0 Å². The summed E-state index contributed by atoms with van der Waals surface area (Å²) in [6, 6.07) is 12.3. The molecular formula is C24H22N6O5. The average molecular weight is 474 g/mol. The van der Waals surface area contributed by atoms with E-state index in [4.69, 9.17) is 18.6 Å². The second kappa shape index (κ2) is 8.44. The van der Waals surface area contributed by atoms with Gasteiger partial charge in [0.1, 0.15) is 6.04 Å². The van der Waals surface area contributed by atoms with Crippen LogP contribution in [0.3, 0.4) is 0 Å². The number of ether oxygens (including phenoxy) is 3. The number of rotatable bonds is 5. The summed E-state index contributed by atoms with van der Waals surface area (Å²) in [5.41, 5.74) is 3.33. The van der Waals surface area contributed by atoms with Crippen molar-refractivity contribution in [2.45, 2.75) is 12.5 Å². The van der Waals surface area contributed by atoms with E-state index in [1.54, 1.807) is 36.1 Å². The number of carbonyl (C=O) groups is 1. The highest BCUT2D eigenvalue weighted by Gasteiger charge is 2.37. The fraction of sp³-hybridized carbons (Fsp3) is 0.250. The van der Waals surface area contributed by atoms with Gasteiger partial charge in [-0.05, 0) is 65.9 Å². The topological polar surface area (TPSA) is 117 Å². The molecule has 0 aliphatic carbocycles. The van der Waals surface area contributed by atoms with Gasteiger partial charge in [-0.25, -0.2) is 0 Å². The lowest BCUT2D eigenvalue weighted by Gasteiger charge is -2.34. The predicted molar refractivity (Wildman–Crippen MR) is 123 cm³/mol. The van der Waals surface area contributed by atoms with Crippen molar-refractivity contribution in [1.29, 1.82) is 0 Å². The Labute approximate surface area is 200 Å². The van der Waals surface area contributed by atoms with Gasteiger partial charge in [0.2, 0.25) is 12.5 Å². The number of amides is 1. The molecule has 1 atom stereocenters. The van der Waals surface area contributed by atoms with E-state index in [0.29, 0.717) is 34.4 Å². The maximum atomic E-state index is 12.4. The number of benzene rings is 2. The molecule has 4 heterocycles. The number of methoxy groups -OCH3 is 1. The van der Waals surface area contributed by atoms with Crippen LogP contribution in [0.1, 0.15) is 33.5 Å². The quantitative estimate of drug-likeness (QED) is 0.466. The molecule has 2 aromatic heterocycles. The first-order chi connectivity index (χ1) is 17.1. The first-order valence-electron chi connectivity index (χ1n) is 11.1. The molecule has 0 bridgehead atoms. The second-order valence-electron chi connectivity index (χ2n) is 8.28. The minimum Gasteiger partial charge on any atom is -0.492 e. The third kappa shape index (κ3) is 3.56. The van der Waals surface area contributed by atoms with E-state index < -0.39 is 0 Å². The highest BCUT2D eigenvalue weighted by molar-refractivity contribution is 6.02. The monoisotopic (exact) mass is 474 g/mol. The molecule has 35 heavy (non-hydrogen) atoms. The molecule has 178 valence electrons. The first kappa shape index (κ1) is 21.2. The summed E-state index contributed by atoms with van der Waals surface area (Å²) in [5.74, 6) is 2.40. The maximum Gasteiger partial charge on any atom is 0.291 e. The smallest absolute Gasteiger partial charge is 0.291 e. The van der Waals surface area contributed by atoms with Crippen LogP contribution in [0.4, 0.5) is 5.69 Å². The predicted octanol–water partition coefficient (Wildman–Crippen LogP) is 2.82. The normalized spacial score (nSPS) is 16.7. The number of aromatic nitrogens is 4. The lowest BCUT2D eigenvalue weighted by atomic mass is 9.90. The van der Waals surface area contributed by atoms with Crippen LogP contribution < -0.4 is 19.5 Å². The van der Waals surface area contributed by atoms with E-state index in [2.05, 4.69) is 25.7 Å². The Hall–Kier alpha value is -4.38. The number of hydrogen-bond acceptors (Lipinski definition) is 9. The molecule has 0 unspecified atom stereocenters. The van der Waals surface area contributed by atoms with Gasteiger partial charge in [0.05, 0.1) is 19.1 Å². The molecule has 0 fully saturated rings. The fourth-order valence-corrected chi connectivity index (χ4v) is 4.62. The Morgan fingerprint density at radius 3 is 2.94 bits per heavy atom. The summed E-state index contributed by atoms with van der Waals surface area (Å²) in [6.07, 6.45) is 2.28. The number of likely N-dealkylation sites (N-methyl/N-ethyl adjacent to an activating group) is 1. The molecule has 0 radical (unpaired) electrons. The third-order valence-corrected chi connectivity index (χ3v) is 6.23. The molecule has 0 saturated carbocycles. The van der Waals surface area contributed by atoms with E-state index in [1.165, 1.54) is 6.26 Å². The Kier molecular flexibility index (Phi) is 5.10. The molecule has 0 spiro atoms.